The molecule has 0 bridgehead atoms. The Bertz CT molecular complexity index is 95.4. The minimum Gasteiger partial charge on any atom is -0.314 e. The summed E-state index contributed by atoms with van der Waals surface area (Å²) in [6.07, 6.45) is 4.33. The summed E-state index contributed by atoms with van der Waals surface area (Å²) in [5, 5.41) is 6.79. The van der Waals surface area contributed by atoms with Gasteiger partial charge in [0.05, 0.1) is 0 Å². The molecule has 0 radical (unpaired) electrons. The second kappa shape index (κ2) is 4.47. The lowest BCUT2D eigenvalue weighted by Crippen LogP contribution is -2.48. The largest absolute Gasteiger partial charge is 0.314 e. The van der Waals surface area contributed by atoms with Crippen LogP contribution in [0.2, 0.25) is 0 Å². The SMILES string of the molecule is C=CCCC1CNCCN1. The van der Waals surface area contributed by atoms with Crippen molar-refractivity contribution >= 4 is 0 Å². The van der Waals surface area contributed by atoms with Gasteiger partial charge in [0.25, 0.3) is 0 Å². The third kappa shape index (κ3) is 2.50. The minimum atomic E-state index is 0.673. The van der Waals surface area contributed by atoms with Gasteiger partial charge < -0.3 is 10.6 Å². The zero-order valence-electron chi connectivity index (χ0n) is 6.40. The van der Waals surface area contributed by atoms with Crippen LogP contribution in [0.3, 0.4) is 0 Å². The van der Waals surface area contributed by atoms with Gasteiger partial charge in [-0.15, -0.1) is 6.58 Å². The molecule has 2 heteroatoms. The highest BCUT2D eigenvalue weighted by Gasteiger charge is 2.09. The van der Waals surface area contributed by atoms with Crippen LogP contribution in [-0.2, 0) is 0 Å². The van der Waals surface area contributed by atoms with Crippen LogP contribution < -0.4 is 10.6 Å². The number of rotatable bonds is 3. The summed E-state index contributed by atoms with van der Waals surface area (Å²) >= 11 is 0. The molecule has 58 valence electrons. The molecule has 0 saturated carbocycles. The molecule has 1 heterocycles. The van der Waals surface area contributed by atoms with Crippen LogP contribution in [0.1, 0.15) is 12.8 Å². The molecule has 0 amide bonds. The molecule has 2 N–H and O–H groups in total. The fourth-order valence-corrected chi connectivity index (χ4v) is 1.24. The second-order valence-electron chi connectivity index (χ2n) is 2.72. The van der Waals surface area contributed by atoms with Gasteiger partial charge >= 0.3 is 0 Å². The lowest BCUT2D eigenvalue weighted by molar-refractivity contribution is 0.401. The molecule has 2 nitrogen and oxygen atoms in total. The molecule has 0 spiro atoms. The summed E-state index contributed by atoms with van der Waals surface area (Å²) in [6.45, 7) is 7.04. The van der Waals surface area contributed by atoms with Gasteiger partial charge in [-0.25, -0.2) is 0 Å². The van der Waals surface area contributed by atoms with Crippen LogP contribution in [0.15, 0.2) is 12.7 Å². The molecule has 0 aliphatic carbocycles. The van der Waals surface area contributed by atoms with Gasteiger partial charge in [0.15, 0.2) is 0 Å². The zero-order valence-corrected chi connectivity index (χ0v) is 6.40. The molecule has 1 saturated heterocycles. The molecule has 1 aliphatic rings. The van der Waals surface area contributed by atoms with E-state index in [1.54, 1.807) is 0 Å². The fourth-order valence-electron chi connectivity index (χ4n) is 1.24. The lowest BCUT2D eigenvalue weighted by atomic mass is 10.1. The van der Waals surface area contributed by atoms with Crippen molar-refractivity contribution in [2.24, 2.45) is 0 Å². The summed E-state index contributed by atoms with van der Waals surface area (Å²) in [7, 11) is 0. The maximum atomic E-state index is 3.70. The van der Waals surface area contributed by atoms with Crippen molar-refractivity contribution in [2.75, 3.05) is 19.6 Å². The van der Waals surface area contributed by atoms with Crippen molar-refractivity contribution < 1.29 is 0 Å². The van der Waals surface area contributed by atoms with Gasteiger partial charge in [-0.1, -0.05) is 6.08 Å². The second-order valence-corrected chi connectivity index (χ2v) is 2.72. The van der Waals surface area contributed by atoms with Crippen LogP contribution in [0.4, 0.5) is 0 Å². The Kier molecular flexibility index (Phi) is 3.47. The van der Waals surface area contributed by atoms with Crippen molar-refractivity contribution in [1.29, 1.82) is 0 Å². The molecule has 10 heavy (non-hydrogen) atoms. The Hall–Kier alpha value is -0.340. The van der Waals surface area contributed by atoms with Gasteiger partial charge in [-0.05, 0) is 12.8 Å². The van der Waals surface area contributed by atoms with Crippen molar-refractivity contribution in [2.45, 2.75) is 18.9 Å². The van der Waals surface area contributed by atoms with Crippen molar-refractivity contribution in [1.82, 2.24) is 10.6 Å². The van der Waals surface area contributed by atoms with E-state index in [0.29, 0.717) is 6.04 Å². The molecule has 0 aromatic rings. The van der Waals surface area contributed by atoms with E-state index < -0.39 is 0 Å². The van der Waals surface area contributed by atoms with Crippen LogP contribution in [0, 0.1) is 0 Å². The predicted octanol–water partition coefficient (Wildman–Crippen LogP) is 0.514. The first-order valence-corrected chi connectivity index (χ1v) is 3.98. The smallest absolute Gasteiger partial charge is 0.0195 e. The third-order valence-electron chi connectivity index (χ3n) is 1.84. The summed E-state index contributed by atoms with van der Waals surface area (Å²) < 4.78 is 0. The standard InChI is InChI=1S/C8H16N2/c1-2-3-4-8-7-9-5-6-10-8/h2,8-10H,1,3-7H2. The van der Waals surface area contributed by atoms with Gasteiger partial charge in [-0.3, -0.25) is 0 Å². The number of allylic oxidation sites excluding steroid dienone is 1. The monoisotopic (exact) mass is 140 g/mol. The van der Waals surface area contributed by atoms with E-state index in [1.165, 1.54) is 6.42 Å². The number of hydrogen-bond donors (Lipinski definition) is 2. The Morgan fingerprint density at radius 2 is 2.40 bits per heavy atom. The van der Waals surface area contributed by atoms with Gasteiger partial charge in [0.2, 0.25) is 0 Å². The van der Waals surface area contributed by atoms with E-state index >= 15 is 0 Å². The van der Waals surface area contributed by atoms with Crippen LogP contribution in [-0.4, -0.2) is 25.7 Å². The maximum Gasteiger partial charge on any atom is 0.0195 e. The lowest BCUT2D eigenvalue weighted by Gasteiger charge is -2.23. The average Bonchev–Trinajstić information content (AvgIpc) is 2.03. The first kappa shape index (κ1) is 7.76. The minimum absolute atomic E-state index is 0.673. The molecule has 0 aromatic carbocycles. The summed E-state index contributed by atoms with van der Waals surface area (Å²) in [5.74, 6) is 0. The average molecular weight is 140 g/mol. The summed E-state index contributed by atoms with van der Waals surface area (Å²) in [6, 6.07) is 0.673. The first-order chi connectivity index (χ1) is 4.93. The maximum absolute atomic E-state index is 3.70. The molecule has 1 fully saturated rings. The Morgan fingerprint density at radius 1 is 1.50 bits per heavy atom. The van der Waals surface area contributed by atoms with Gasteiger partial charge in [0.1, 0.15) is 0 Å². The Labute approximate surface area is 62.7 Å². The number of hydrogen-bond acceptors (Lipinski definition) is 2. The molecule has 1 atom stereocenters. The molecular formula is C8H16N2. The van der Waals surface area contributed by atoms with E-state index in [2.05, 4.69) is 17.2 Å². The topological polar surface area (TPSA) is 24.1 Å². The van der Waals surface area contributed by atoms with Crippen LogP contribution >= 0.6 is 0 Å². The highest BCUT2D eigenvalue weighted by molar-refractivity contribution is 4.78. The molecule has 1 rings (SSSR count). The normalized spacial score (nSPS) is 26.2. The zero-order chi connectivity index (χ0) is 7.23. The number of nitrogens with one attached hydrogen (secondary N) is 2. The van der Waals surface area contributed by atoms with Crippen molar-refractivity contribution in [3.05, 3.63) is 12.7 Å². The molecule has 1 aliphatic heterocycles. The molecular weight excluding hydrogens is 124 g/mol. The quantitative estimate of drug-likeness (QED) is 0.558. The van der Waals surface area contributed by atoms with E-state index in [0.717, 1.165) is 26.1 Å². The Balaban J connectivity index is 2.07. The van der Waals surface area contributed by atoms with E-state index in [4.69, 9.17) is 0 Å². The van der Waals surface area contributed by atoms with Crippen molar-refractivity contribution in [3.63, 3.8) is 0 Å². The van der Waals surface area contributed by atoms with E-state index in [9.17, 15) is 0 Å². The van der Waals surface area contributed by atoms with Gasteiger partial charge in [-0.2, -0.15) is 0 Å². The molecule has 0 aromatic heterocycles. The number of piperazine rings is 1. The highest BCUT2D eigenvalue weighted by Crippen LogP contribution is 1.98. The van der Waals surface area contributed by atoms with Crippen LogP contribution in [0.25, 0.3) is 0 Å². The molecule has 1 unspecified atom stereocenters. The third-order valence-corrected chi connectivity index (χ3v) is 1.84. The van der Waals surface area contributed by atoms with E-state index in [1.807, 2.05) is 6.08 Å². The first-order valence-electron chi connectivity index (χ1n) is 3.98. The summed E-state index contributed by atoms with van der Waals surface area (Å²) in [5.41, 5.74) is 0. The van der Waals surface area contributed by atoms with E-state index in [-0.39, 0.29) is 0 Å². The fraction of sp³-hybridized carbons (Fsp3) is 0.750. The summed E-state index contributed by atoms with van der Waals surface area (Å²) in [4.78, 5) is 0. The van der Waals surface area contributed by atoms with Crippen molar-refractivity contribution in [3.8, 4) is 0 Å². The van der Waals surface area contributed by atoms with Gasteiger partial charge in [0, 0.05) is 25.7 Å². The highest BCUT2D eigenvalue weighted by atomic mass is 15.0. The predicted molar refractivity (Wildman–Crippen MR) is 44.1 cm³/mol. The van der Waals surface area contributed by atoms with Crippen LogP contribution in [0.5, 0.6) is 0 Å². The Morgan fingerprint density at radius 3 is 3.00 bits per heavy atom.